The smallest absolute Gasteiger partial charge is 1.00 e. The van der Waals surface area contributed by atoms with Crippen molar-refractivity contribution < 1.29 is 64.3 Å². The van der Waals surface area contributed by atoms with Crippen molar-refractivity contribution in [1.82, 2.24) is 4.90 Å². The number of nitrogens with zero attached hydrogens (tertiary/aromatic N) is 1. The van der Waals surface area contributed by atoms with Gasteiger partial charge in [-0.15, -0.1) is 0 Å². The van der Waals surface area contributed by atoms with E-state index in [0.717, 1.165) is 38.5 Å². The maximum absolute atomic E-state index is 14.2. The van der Waals surface area contributed by atoms with Gasteiger partial charge in [-0.1, -0.05) is 83.2 Å². The summed E-state index contributed by atoms with van der Waals surface area (Å²) in [4.78, 5) is 39.2. The van der Waals surface area contributed by atoms with E-state index in [0.29, 0.717) is 25.3 Å². The second kappa shape index (κ2) is 17.1. The van der Waals surface area contributed by atoms with Crippen LogP contribution < -0.4 is 29.6 Å². The van der Waals surface area contributed by atoms with E-state index in [2.05, 4.69) is 0 Å². The zero-order chi connectivity index (χ0) is 28.4. The minimum atomic E-state index is -3.60. The molecule has 1 aromatic rings. The molecule has 1 N–H and O–H groups in total. The second-order valence-electron chi connectivity index (χ2n) is 11.5. The van der Waals surface area contributed by atoms with E-state index in [4.69, 9.17) is 9.26 Å². The van der Waals surface area contributed by atoms with E-state index in [1.165, 1.54) is 16.9 Å². The quantitative estimate of drug-likeness (QED) is 0.117. The van der Waals surface area contributed by atoms with Crippen LogP contribution in [0.4, 0.5) is 0 Å². The van der Waals surface area contributed by atoms with Crippen LogP contribution in [0.1, 0.15) is 85.5 Å². The number of rotatable bonds is 14. The molecule has 2 aliphatic rings. The van der Waals surface area contributed by atoms with Gasteiger partial charge in [0.15, 0.2) is 0 Å². The van der Waals surface area contributed by atoms with E-state index in [-0.39, 0.29) is 61.6 Å². The van der Waals surface area contributed by atoms with E-state index < -0.39 is 37.5 Å². The first-order valence-electron chi connectivity index (χ1n) is 14.6. The molecule has 3 rings (SSSR count). The molecule has 10 heteroatoms. The first-order chi connectivity index (χ1) is 18.6. The van der Waals surface area contributed by atoms with Crippen molar-refractivity contribution in [3.05, 3.63) is 35.9 Å². The molecule has 40 heavy (non-hydrogen) atoms. The van der Waals surface area contributed by atoms with Crippen LogP contribution in [-0.2, 0) is 34.6 Å². The average Bonchev–Trinajstić information content (AvgIpc) is 3.38. The molecule has 2 fully saturated rings. The Kier molecular flexibility index (Phi) is 14.9. The predicted octanol–water partition coefficient (Wildman–Crippen LogP) is 3.24. The number of aryl methyl sites for hydroxylation is 1. The zero-order valence-electron chi connectivity index (χ0n) is 25.8. The van der Waals surface area contributed by atoms with Gasteiger partial charge in [-0.3, -0.25) is 18.7 Å². The number of carboxylic acids is 1. The Hall–Kier alpha value is -1.18. The maximum Gasteiger partial charge on any atom is 1.00 e. The van der Waals surface area contributed by atoms with Crippen molar-refractivity contribution in [2.24, 2.45) is 17.8 Å². The fraction of sp³-hybridized carbons (Fsp3) is 0.700. The Morgan fingerprint density at radius 1 is 1.07 bits per heavy atom. The van der Waals surface area contributed by atoms with Crippen molar-refractivity contribution in [3.8, 4) is 0 Å². The third-order valence-corrected chi connectivity index (χ3v) is 10.4. The molecule has 1 aromatic carbocycles. The van der Waals surface area contributed by atoms with Crippen molar-refractivity contribution in [2.45, 2.75) is 97.3 Å². The van der Waals surface area contributed by atoms with Gasteiger partial charge in [-0.2, -0.15) is 0 Å². The number of carbonyl (C=O) groups is 3. The molecule has 1 unspecified atom stereocenters. The average molecular weight is 588 g/mol. The summed E-state index contributed by atoms with van der Waals surface area (Å²) in [6.07, 6.45) is 7.12. The molecular weight excluding hydrogens is 540 g/mol. The fourth-order valence-electron chi connectivity index (χ4n) is 5.80. The molecule has 8 nitrogen and oxygen atoms in total. The molecule has 0 radical (unpaired) electrons. The number of aliphatic carboxylic acids is 1. The summed E-state index contributed by atoms with van der Waals surface area (Å²) in [5.41, 5.74) is 1.18. The molecule has 1 heterocycles. The van der Waals surface area contributed by atoms with Crippen LogP contribution in [0.2, 0.25) is 0 Å². The number of carboxylic acid groups (broad SMARTS) is 1. The van der Waals surface area contributed by atoms with Crippen LogP contribution in [0.25, 0.3) is 0 Å². The summed E-state index contributed by atoms with van der Waals surface area (Å²) in [5.74, 6) is -1.61. The van der Waals surface area contributed by atoms with Crippen molar-refractivity contribution in [1.29, 1.82) is 0 Å². The number of esters is 1. The Balaban J connectivity index is 0.00000420. The van der Waals surface area contributed by atoms with Crippen LogP contribution >= 0.6 is 7.37 Å². The number of carbonyl (C=O) groups excluding carboxylic acids is 2. The Morgan fingerprint density at radius 3 is 2.35 bits per heavy atom. The minimum absolute atomic E-state index is 0. The largest absolute Gasteiger partial charge is 1.00 e. The van der Waals surface area contributed by atoms with Crippen LogP contribution in [0, 0.1) is 17.8 Å². The van der Waals surface area contributed by atoms with E-state index >= 15 is 0 Å². The molecule has 1 amide bonds. The first kappa shape index (κ1) is 35.0. The number of likely N-dealkylation sites (tertiary alicyclic amines) is 1. The SMILES string of the molecule is CCC(=O)OC(O[P@](=O)(CCCCc1ccccc1)CC(=O)N1C[C@H](C2CCCCC2)C[C@H]1C(=O)O)C(C)C.[H-].[Na+]. The summed E-state index contributed by atoms with van der Waals surface area (Å²) in [5, 5.41) is 9.92. The maximum atomic E-state index is 14.2. The molecule has 0 bridgehead atoms. The topological polar surface area (TPSA) is 110 Å². The minimum Gasteiger partial charge on any atom is -1.00 e. The summed E-state index contributed by atoms with van der Waals surface area (Å²) < 4.78 is 25.7. The van der Waals surface area contributed by atoms with Gasteiger partial charge in [0.05, 0.1) is 0 Å². The number of unbranched alkanes of at least 4 members (excludes halogenated alkanes) is 1. The van der Waals surface area contributed by atoms with Crippen molar-refractivity contribution >= 4 is 25.2 Å². The van der Waals surface area contributed by atoms with Crippen LogP contribution in [0.5, 0.6) is 0 Å². The first-order valence-corrected chi connectivity index (χ1v) is 16.6. The van der Waals surface area contributed by atoms with E-state index in [1.54, 1.807) is 6.92 Å². The molecule has 220 valence electrons. The normalized spacial score (nSPS) is 21.9. The zero-order valence-corrected chi connectivity index (χ0v) is 27.7. The summed E-state index contributed by atoms with van der Waals surface area (Å²) in [7, 11) is -3.60. The van der Waals surface area contributed by atoms with Crippen LogP contribution in [0.15, 0.2) is 30.3 Å². The van der Waals surface area contributed by atoms with Gasteiger partial charge in [0.2, 0.25) is 19.6 Å². The number of amides is 1. The molecule has 1 saturated heterocycles. The Morgan fingerprint density at radius 2 is 1.75 bits per heavy atom. The van der Waals surface area contributed by atoms with Gasteiger partial charge in [-0.25, -0.2) is 4.79 Å². The van der Waals surface area contributed by atoms with Crippen molar-refractivity contribution in [3.63, 3.8) is 0 Å². The molecule has 0 aromatic heterocycles. The summed E-state index contributed by atoms with van der Waals surface area (Å²) >= 11 is 0. The number of ether oxygens (including phenoxy) is 1. The molecule has 0 spiro atoms. The van der Waals surface area contributed by atoms with Crippen molar-refractivity contribution in [2.75, 3.05) is 18.9 Å². The van der Waals surface area contributed by atoms with Gasteiger partial charge in [0.25, 0.3) is 0 Å². The van der Waals surface area contributed by atoms with Gasteiger partial charge in [0.1, 0.15) is 12.2 Å². The van der Waals surface area contributed by atoms with E-state index in [1.807, 2.05) is 44.2 Å². The van der Waals surface area contributed by atoms with Crippen LogP contribution in [0.3, 0.4) is 0 Å². The Bertz CT molecular complexity index is 1010. The molecule has 1 saturated carbocycles. The van der Waals surface area contributed by atoms with Gasteiger partial charge < -0.3 is 16.2 Å². The monoisotopic (exact) mass is 587 g/mol. The molecule has 1 aliphatic carbocycles. The number of hydrogen-bond donors (Lipinski definition) is 1. The number of benzene rings is 1. The third kappa shape index (κ3) is 10.6. The fourth-order valence-corrected chi connectivity index (χ4v) is 8.10. The molecular formula is C30H47NNaO7P. The van der Waals surface area contributed by atoms with E-state index in [9.17, 15) is 24.1 Å². The van der Waals surface area contributed by atoms with Gasteiger partial charge >= 0.3 is 41.5 Å². The molecule has 4 atom stereocenters. The second-order valence-corrected chi connectivity index (χ2v) is 14.1. The summed E-state index contributed by atoms with van der Waals surface area (Å²) in [6, 6.07) is 9.10. The Labute approximate surface area is 263 Å². The summed E-state index contributed by atoms with van der Waals surface area (Å²) in [6.45, 7) is 5.68. The third-order valence-electron chi connectivity index (χ3n) is 8.07. The standard InChI is InChI=1S/C30H46NO7P.Na.H/c1-4-28(33)37-30(22(2)3)38-39(36,18-12-11-15-23-13-7-5-8-14-23)21-27(32)31-20-25(19-26(31)29(34)35)24-16-9-6-10-17-24;;/h5,7-8,13-14,22,24-26,30H,4,6,9-12,15-21H2,1-3H3,(H,34,35);;/q;+1;-1/t25-,26+,30?,39-;;/m1../s1. The van der Waals surface area contributed by atoms with Gasteiger partial charge in [-0.05, 0) is 43.1 Å². The number of hydrogen-bond acceptors (Lipinski definition) is 6. The molecule has 1 aliphatic heterocycles. The predicted molar refractivity (Wildman–Crippen MR) is 152 cm³/mol. The van der Waals surface area contributed by atoms with Gasteiger partial charge in [0, 0.05) is 25.0 Å². The van der Waals surface area contributed by atoms with Crippen LogP contribution in [-0.4, -0.2) is 59.1 Å².